The summed E-state index contributed by atoms with van der Waals surface area (Å²) in [6, 6.07) is 29.3. The third-order valence-corrected chi connectivity index (χ3v) is 6.98. The maximum Gasteiger partial charge on any atom is 0.0572 e. The third-order valence-electron chi connectivity index (χ3n) is 3.54. The largest absolute Gasteiger partial charge is 2.00 e. The minimum atomic E-state index is -3.13. The van der Waals surface area contributed by atoms with Crippen LogP contribution in [0, 0.1) is 0 Å². The third kappa shape index (κ3) is 4.69. The molecule has 3 aromatic rings. The molecule has 0 aromatic heterocycles. The first-order chi connectivity index (χ1) is 9.82. The maximum absolute atomic E-state index is 13.8. The van der Waals surface area contributed by atoms with Crippen LogP contribution >= 0.6 is 0 Å². The van der Waals surface area contributed by atoms with Crippen molar-refractivity contribution in [1.29, 1.82) is 0 Å². The molecule has 0 heterocycles. The van der Waals surface area contributed by atoms with Crippen LogP contribution in [0.4, 0.5) is 0 Å². The van der Waals surface area contributed by atoms with Crippen molar-refractivity contribution in [3.63, 3.8) is 0 Å². The van der Waals surface area contributed by atoms with Gasteiger partial charge in [0.25, 0.3) is 0 Å². The topological polar surface area (TPSA) is 109 Å². The molecule has 3 rings (SSSR count). The van der Waals surface area contributed by atoms with Crippen LogP contribution in [0.5, 0.6) is 0 Å². The van der Waals surface area contributed by atoms with Crippen molar-refractivity contribution in [1.82, 2.24) is 0 Å². The van der Waals surface area contributed by atoms with Gasteiger partial charge in [-0.1, -0.05) is 107 Å². The molecule has 24 heavy (non-hydrogen) atoms. The summed E-state index contributed by atoms with van der Waals surface area (Å²) in [5, 5.41) is 2.70. The van der Waals surface area contributed by atoms with Crippen LogP contribution in [0.25, 0.3) is 0 Å². The van der Waals surface area contributed by atoms with E-state index in [1.165, 1.54) is 0 Å². The summed E-state index contributed by atoms with van der Waals surface area (Å²) >= 11 is 0. The molecule has 0 aliphatic rings. The Balaban J connectivity index is 0. The second-order valence-electron chi connectivity index (χ2n) is 4.78. The summed E-state index contributed by atoms with van der Waals surface area (Å²) < 4.78 is 0. The molecule has 0 amide bonds. The monoisotopic (exact) mass is 510 g/mol. The van der Waals surface area contributed by atoms with E-state index in [1.54, 1.807) is 0 Å². The van der Waals surface area contributed by atoms with Gasteiger partial charge in [0, 0.05) is 20.4 Å². The number of hydrogen-bond acceptors (Lipinski definition) is 1. The first kappa shape index (κ1) is 24.6. The molecule has 3 aromatic carbocycles. The molecule has 129 valence electrons. The Morgan fingerprint density at radius 1 is 0.458 bits per heavy atom. The molecular weight excluding hydrogens is 494 g/mol. The van der Waals surface area contributed by atoms with Gasteiger partial charge in [-0.15, -0.1) is 0 Å². The van der Waals surface area contributed by atoms with E-state index in [2.05, 4.69) is 0 Å². The molecule has 0 aliphatic heterocycles. The summed E-state index contributed by atoms with van der Waals surface area (Å²) in [6.45, 7) is 0. The Morgan fingerprint density at radius 3 is 0.875 bits per heavy atom. The van der Waals surface area contributed by atoms with Crippen LogP contribution in [-0.4, -0.2) is 8.32 Å². The average Bonchev–Trinajstić information content (AvgIpc) is 2.56. The zero-order valence-electron chi connectivity index (χ0n) is 12.7. The maximum atomic E-state index is 13.8. The second-order valence-corrected chi connectivity index (χ2v) is 7.87. The van der Waals surface area contributed by atoms with E-state index >= 15 is 0 Å². The van der Waals surface area contributed by atoms with Crippen LogP contribution < -0.4 is 20.4 Å². The van der Waals surface area contributed by atoms with Crippen molar-refractivity contribution in [3.8, 4) is 0 Å². The summed E-state index contributed by atoms with van der Waals surface area (Å²) in [4.78, 5) is 13.8. The Labute approximate surface area is 156 Å². The molecule has 6 heteroatoms. The van der Waals surface area contributed by atoms with Crippen molar-refractivity contribution in [2.75, 3.05) is 0 Å². The minimum Gasteiger partial charge on any atom is -2.00 e. The average molecular weight is 510 g/mol. The summed E-state index contributed by atoms with van der Waals surface area (Å²) in [5.74, 6) is 0. The number of hydrogen-bond donors (Lipinski definition) is 0. The van der Waals surface area contributed by atoms with Crippen molar-refractivity contribution in [2.45, 2.75) is 0 Å². The predicted molar refractivity (Wildman–Crippen MR) is 86.0 cm³/mol. The van der Waals surface area contributed by atoms with E-state index in [1.807, 2.05) is 91.0 Å². The zero-order chi connectivity index (χ0) is 13.8. The summed E-state index contributed by atoms with van der Waals surface area (Å²) in [6.07, 6.45) is 0. The summed E-state index contributed by atoms with van der Waals surface area (Å²) in [7, 11) is -3.13. The standard InChI is InChI=1S/C18H15OSi.3O.Re/c19-20(16-10-4-1-5-11-16,17-12-6-2-7-13-17)18-14-8-3-9-15-18;;;;/h1-15H;;;;/q-1;3*-2;. The van der Waals surface area contributed by atoms with E-state index in [0.29, 0.717) is 0 Å². The van der Waals surface area contributed by atoms with Gasteiger partial charge in [0.1, 0.15) is 0 Å². The molecule has 0 saturated carbocycles. The molecule has 0 aliphatic carbocycles. The van der Waals surface area contributed by atoms with Gasteiger partial charge >= 0.3 is 0 Å². The first-order valence-corrected chi connectivity index (χ1v) is 8.59. The fourth-order valence-electron chi connectivity index (χ4n) is 2.52. The quantitative estimate of drug-likeness (QED) is 0.375. The molecule has 0 bridgehead atoms. The number of rotatable bonds is 3. The molecule has 0 atom stereocenters. The summed E-state index contributed by atoms with van der Waals surface area (Å²) in [5.41, 5.74) is 0. The van der Waals surface area contributed by atoms with E-state index in [0.717, 1.165) is 15.6 Å². The van der Waals surface area contributed by atoms with Crippen LogP contribution in [-0.2, 0) is 36.9 Å². The molecule has 0 spiro atoms. The first-order valence-electron chi connectivity index (χ1n) is 6.69. The van der Waals surface area contributed by atoms with Crippen LogP contribution in [0.3, 0.4) is 0 Å². The second kappa shape index (κ2) is 11.0. The van der Waals surface area contributed by atoms with E-state index in [9.17, 15) is 4.80 Å². The van der Waals surface area contributed by atoms with Crippen molar-refractivity contribution < 1.29 is 41.6 Å². The number of benzene rings is 3. The van der Waals surface area contributed by atoms with Gasteiger partial charge in [-0.3, -0.25) is 0 Å². The van der Waals surface area contributed by atoms with Gasteiger partial charge in [-0.05, 0) is 0 Å². The SMILES string of the molecule is [O-2].[O-2].[O-2].[O-][Si](c1ccccc1)(c1ccccc1)c1ccccc1.[Re]. The van der Waals surface area contributed by atoms with Crippen LogP contribution in [0.2, 0.25) is 0 Å². The Kier molecular flexibility index (Phi) is 11.3. The van der Waals surface area contributed by atoms with Crippen molar-refractivity contribution in [3.05, 3.63) is 91.0 Å². The fraction of sp³-hybridized carbons (Fsp3) is 0. The molecule has 4 nitrogen and oxygen atoms in total. The Hall–Kier alpha value is -1.62. The minimum absolute atomic E-state index is 0. The van der Waals surface area contributed by atoms with E-state index < -0.39 is 8.32 Å². The van der Waals surface area contributed by atoms with Crippen molar-refractivity contribution >= 4 is 23.9 Å². The van der Waals surface area contributed by atoms with Gasteiger partial charge in [-0.2, -0.15) is 0 Å². The Bertz CT molecular complexity index is 584. The van der Waals surface area contributed by atoms with Crippen LogP contribution in [0.1, 0.15) is 0 Å². The van der Waals surface area contributed by atoms with E-state index in [4.69, 9.17) is 0 Å². The molecule has 0 saturated heterocycles. The van der Waals surface area contributed by atoms with Gasteiger partial charge < -0.3 is 21.2 Å². The van der Waals surface area contributed by atoms with Gasteiger partial charge in [0.15, 0.2) is 0 Å². The Morgan fingerprint density at radius 2 is 0.667 bits per heavy atom. The van der Waals surface area contributed by atoms with Crippen molar-refractivity contribution in [2.24, 2.45) is 0 Å². The molecular formula is C18H15O4ReSi-7. The zero-order valence-corrected chi connectivity index (χ0v) is 16.4. The van der Waals surface area contributed by atoms with Crippen LogP contribution in [0.15, 0.2) is 91.0 Å². The normalized spacial score (nSPS) is 9.38. The predicted octanol–water partition coefficient (Wildman–Crippen LogP) is 0.655. The van der Waals surface area contributed by atoms with Gasteiger partial charge in [-0.25, -0.2) is 0 Å². The van der Waals surface area contributed by atoms with Gasteiger partial charge in [0.2, 0.25) is 0 Å². The molecule has 0 N–H and O–H groups in total. The van der Waals surface area contributed by atoms with Gasteiger partial charge in [0.05, 0.1) is 8.32 Å². The molecule has 1 radical (unpaired) electrons. The van der Waals surface area contributed by atoms with E-state index in [-0.39, 0.29) is 36.9 Å². The molecule has 0 unspecified atom stereocenters. The smallest absolute Gasteiger partial charge is 0.0572 e. The fourth-order valence-corrected chi connectivity index (χ4v) is 5.50. The molecule has 0 fully saturated rings.